The van der Waals surface area contributed by atoms with E-state index in [-0.39, 0.29) is 12.5 Å². The van der Waals surface area contributed by atoms with Gasteiger partial charge in [0.25, 0.3) is 5.91 Å². The summed E-state index contributed by atoms with van der Waals surface area (Å²) < 4.78 is 0. The predicted octanol–water partition coefficient (Wildman–Crippen LogP) is 3.25. The number of rotatable bonds is 7. The van der Waals surface area contributed by atoms with Crippen LogP contribution in [-0.2, 0) is 0 Å². The summed E-state index contributed by atoms with van der Waals surface area (Å²) in [4.78, 5) is 22.2. The van der Waals surface area contributed by atoms with E-state index in [9.17, 15) is 9.90 Å². The standard InChI is InChI=1S/C25H30ClN5O2/c1-5-31(6-2)14-19(32)13-29-25(33)23-15(3)20(16(4)30-23)9-10-21-22-11-18(26)8-7-17(22)12-28-24(21)27/h7-8,11-12,19,30,32H,5-6,13-14H2,1-4H3,(H2,27,28)(H,29,33). The molecule has 0 aliphatic carbocycles. The van der Waals surface area contributed by atoms with Gasteiger partial charge < -0.3 is 26.0 Å². The first-order valence-corrected chi connectivity index (χ1v) is 11.4. The Kier molecular flexibility index (Phi) is 7.98. The van der Waals surface area contributed by atoms with Gasteiger partial charge in [-0.05, 0) is 44.6 Å². The summed E-state index contributed by atoms with van der Waals surface area (Å²) in [6.07, 6.45) is 1.05. The van der Waals surface area contributed by atoms with E-state index in [2.05, 4.69) is 32.0 Å². The molecule has 0 radical (unpaired) electrons. The molecule has 0 aliphatic rings. The summed E-state index contributed by atoms with van der Waals surface area (Å²) in [5.41, 5.74) is 9.36. The molecule has 0 saturated carbocycles. The molecule has 7 nitrogen and oxygen atoms in total. The molecule has 0 saturated heterocycles. The number of amides is 1. The van der Waals surface area contributed by atoms with Gasteiger partial charge in [0.15, 0.2) is 0 Å². The SMILES string of the molecule is CCN(CC)CC(O)CNC(=O)c1[nH]c(C)c(C#Cc2c(N)ncc3ccc(Cl)cc23)c1C. The third-order valence-corrected chi connectivity index (χ3v) is 5.96. The number of hydrogen-bond donors (Lipinski definition) is 4. The number of H-pyrrole nitrogens is 1. The molecule has 1 atom stereocenters. The number of aryl methyl sites for hydroxylation is 1. The van der Waals surface area contributed by atoms with Crippen molar-refractivity contribution in [2.45, 2.75) is 33.8 Å². The van der Waals surface area contributed by atoms with Crippen molar-refractivity contribution in [1.82, 2.24) is 20.2 Å². The van der Waals surface area contributed by atoms with E-state index in [1.807, 2.05) is 39.8 Å². The first-order valence-electron chi connectivity index (χ1n) is 11.0. The van der Waals surface area contributed by atoms with Crippen molar-refractivity contribution in [3.8, 4) is 11.8 Å². The van der Waals surface area contributed by atoms with Crippen LogP contribution < -0.4 is 11.1 Å². The number of aromatic amines is 1. The molecule has 33 heavy (non-hydrogen) atoms. The van der Waals surface area contributed by atoms with E-state index in [0.717, 1.165) is 40.7 Å². The number of nitrogens with zero attached hydrogens (tertiary/aromatic N) is 2. The maximum atomic E-state index is 12.7. The van der Waals surface area contributed by atoms with Gasteiger partial charge in [0.1, 0.15) is 11.5 Å². The molecule has 3 rings (SSSR count). The average Bonchev–Trinajstić information content (AvgIpc) is 3.08. The van der Waals surface area contributed by atoms with Crippen molar-refractivity contribution in [2.75, 3.05) is 31.9 Å². The van der Waals surface area contributed by atoms with Crippen LogP contribution in [0.4, 0.5) is 5.82 Å². The molecule has 5 N–H and O–H groups in total. The Morgan fingerprint density at radius 1 is 1.27 bits per heavy atom. The first kappa shape index (κ1) is 24.6. The highest BCUT2D eigenvalue weighted by atomic mass is 35.5. The van der Waals surface area contributed by atoms with E-state index < -0.39 is 6.10 Å². The number of anilines is 1. The lowest BCUT2D eigenvalue weighted by molar-refractivity contribution is 0.0865. The molecule has 174 valence electrons. The molecule has 0 bridgehead atoms. The Labute approximate surface area is 199 Å². The van der Waals surface area contributed by atoms with Crippen LogP contribution in [0, 0.1) is 25.7 Å². The Morgan fingerprint density at radius 2 is 1.97 bits per heavy atom. The first-order chi connectivity index (χ1) is 15.7. The highest BCUT2D eigenvalue weighted by Crippen LogP contribution is 2.25. The van der Waals surface area contributed by atoms with E-state index in [4.69, 9.17) is 17.3 Å². The number of carbonyl (C=O) groups is 1. The largest absolute Gasteiger partial charge is 0.390 e. The number of nitrogens with two attached hydrogens (primary N) is 1. The summed E-state index contributed by atoms with van der Waals surface area (Å²) >= 11 is 6.17. The molecule has 1 amide bonds. The number of carbonyl (C=O) groups excluding carboxylic acids is 1. The minimum atomic E-state index is -0.641. The van der Waals surface area contributed by atoms with Crippen LogP contribution in [0.5, 0.6) is 0 Å². The van der Waals surface area contributed by atoms with E-state index in [1.165, 1.54) is 0 Å². The van der Waals surface area contributed by atoms with Crippen LogP contribution in [0.2, 0.25) is 5.02 Å². The summed E-state index contributed by atoms with van der Waals surface area (Å²) in [5.74, 6) is 6.32. The molecule has 2 heterocycles. The number of halogens is 1. The van der Waals surface area contributed by atoms with Gasteiger partial charge in [0.2, 0.25) is 0 Å². The molecule has 3 aromatic rings. The van der Waals surface area contributed by atoms with Crippen LogP contribution in [0.3, 0.4) is 0 Å². The number of hydrogen-bond acceptors (Lipinski definition) is 5. The quantitative estimate of drug-likeness (QED) is 0.399. The second kappa shape index (κ2) is 10.7. The second-order valence-electron chi connectivity index (χ2n) is 7.97. The summed E-state index contributed by atoms with van der Waals surface area (Å²) in [6, 6.07) is 5.49. The van der Waals surface area contributed by atoms with E-state index in [1.54, 1.807) is 12.3 Å². The molecule has 0 spiro atoms. The molecule has 1 unspecified atom stereocenters. The number of benzene rings is 1. The Hall–Kier alpha value is -3.05. The third kappa shape index (κ3) is 5.66. The van der Waals surface area contributed by atoms with Crippen LogP contribution in [0.1, 0.15) is 46.7 Å². The molecule has 1 aromatic carbocycles. The van der Waals surface area contributed by atoms with Gasteiger partial charge in [-0.1, -0.05) is 43.4 Å². The summed E-state index contributed by atoms with van der Waals surface area (Å²) in [7, 11) is 0. The van der Waals surface area contributed by atoms with Crippen molar-refractivity contribution in [3.05, 3.63) is 57.5 Å². The fourth-order valence-corrected chi connectivity index (χ4v) is 3.94. The highest BCUT2D eigenvalue weighted by molar-refractivity contribution is 6.31. The van der Waals surface area contributed by atoms with Crippen LogP contribution in [0.15, 0.2) is 24.4 Å². The summed E-state index contributed by atoms with van der Waals surface area (Å²) in [6.45, 7) is 10.2. The molecule has 0 aliphatic heterocycles. The van der Waals surface area contributed by atoms with Gasteiger partial charge in [0.05, 0.1) is 11.7 Å². The lowest BCUT2D eigenvalue weighted by atomic mass is 10.1. The zero-order chi connectivity index (χ0) is 24.1. The number of fused-ring (bicyclic) bond motifs is 1. The van der Waals surface area contributed by atoms with Gasteiger partial charge in [-0.3, -0.25) is 4.79 Å². The molecule has 0 fully saturated rings. The number of nitrogens with one attached hydrogen (secondary N) is 2. The maximum Gasteiger partial charge on any atom is 0.268 e. The van der Waals surface area contributed by atoms with Crippen molar-refractivity contribution < 1.29 is 9.90 Å². The molecule has 8 heteroatoms. The lowest BCUT2D eigenvalue weighted by Gasteiger charge is -2.21. The van der Waals surface area contributed by atoms with E-state index >= 15 is 0 Å². The predicted molar refractivity (Wildman–Crippen MR) is 134 cm³/mol. The minimum absolute atomic E-state index is 0.173. The Bertz CT molecular complexity index is 1220. The van der Waals surface area contributed by atoms with Gasteiger partial charge in [-0.15, -0.1) is 0 Å². The minimum Gasteiger partial charge on any atom is -0.390 e. The smallest absolute Gasteiger partial charge is 0.268 e. The number of nitrogen functional groups attached to an aromatic ring is 1. The monoisotopic (exact) mass is 467 g/mol. The topological polar surface area (TPSA) is 107 Å². The number of aromatic nitrogens is 2. The van der Waals surface area contributed by atoms with Gasteiger partial charge in [-0.2, -0.15) is 0 Å². The fraction of sp³-hybridized carbons (Fsp3) is 0.360. The van der Waals surface area contributed by atoms with Gasteiger partial charge in [0, 0.05) is 46.3 Å². The molecule has 2 aromatic heterocycles. The Balaban J connectivity index is 1.82. The van der Waals surface area contributed by atoms with Crippen LogP contribution in [0.25, 0.3) is 10.8 Å². The maximum absolute atomic E-state index is 12.7. The van der Waals surface area contributed by atoms with Gasteiger partial charge >= 0.3 is 0 Å². The average molecular weight is 468 g/mol. The third-order valence-electron chi connectivity index (χ3n) is 5.72. The second-order valence-corrected chi connectivity index (χ2v) is 8.41. The van der Waals surface area contributed by atoms with Gasteiger partial charge in [-0.25, -0.2) is 4.98 Å². The summed E-state index contributed by atoms with van der Waals surface area (Å²) in [5, 5.41) is 15.3. The number of aliphatic hydroxyl groups excluding tert-OH is 1. The zero-order valence-corrected chi connectivity index (χ0v) is 20.2. The lowest BCUT2D eigenvalue weighted by Crippen LogP contribution is -2.40. The Morgan fingerprint density at radius 3 is 2.67 bits per heavy atom. The zero-order valence-electron chi connectivity index (χ0n) is 19.4. The van der Waals surface area contributed by atoms with Crippen LogP contribution in [-0.4, -0.2) is 58.2 Å². The molecular weight excluding hydrogens is 438 g/mol. The van der Waals surface area contributed by atoms with Crippen molar-refractivity contribution in [1.29, 1.82) is 0 Å². The molecular formula is C25H30ClN5O2. The van der Waals surface area contributed by atoms with Crippen molar-refractivity contribution in [2.24, 2.45) is 0 Å². The number of likely N-dealkylation sites (N-methyl/N-ethyl adjacent to an activating group) is 1. The van der Waals surface area contributed by atoms with Crippen LogP contribution >= 0.6 is 11.6 Å². The fourth-order valence-electron chi connectivity index (χ4n) is 3.76. The number of aliphatic hydroxyl groups is 1. The normalized spacial score (nSPS) is 12.0. The van der Waals surface area contributed by atoms with E-state index in [0.29, 0.717) is 28.6 Å². The van der Waals surface area contributed by atoms with Crippen molar-refractivity contribution in [3.63, 3.8) is 0 Å². The number of pyridine rings is 1. The van der Waals surface area contributed by atoms with Crippen molar-refractivity contribution >= 4 is 34.1 Å². The highest BCUT2D eigenvalue weighted by Gasteiger charge is 2.18.